The van der Waals surface area contributed by atoms with Crippen LogP contribution < -0.4 is 11.1 Å². The molecule has 0 aromatic heterocycles. The van der Waals surface area contributed by atoms with Gasteiger partial charge in [-0.15, -0.1) is 0 Å². The molecule has 0 aliphatic heterocycles. The molecule has 0 saturated carbocycles. The molecular formula is C19H17N3O3. The van der Waals surface area contributed by atoms with E-state index in [0.717, 1.165) is 10.8 Å². The van der Waals surface area contributed by atoms with E-state index in [0.29, 0.717) is 16.8 Å². The average molecular weight is 335 g/mol. The van der Waals surface area contributed by atoms with Crippen molar-refractivity contribution in [3.63, 3.8) is 0 Å². The molecule has 25 heavy (non-hydrogen) atoms. The van der Waals surface area contributed by atoms with Crippen molar-refractivity contribution in [3.05, 3.63) is 77.9 Å². The Kier molecular flexibility index (Phi) is 4.52. The molecule has 0 heterocycles. The summed E-state index contributed by atoms with van der Waals surface area (Å²) in [7, 11) is 0. The van der Waals surface area contributed by atoms with E-state index in [1.165, 1.54) is 0 Å². The highest BCUT2D eigenvalue weighted by Gasteiger charge is 2.20. The maximum atomic E-state index is 11.7. The summed E-state index contributed by atoms with van der Waals surface area (Å²) in [6, 6.07) is 19.1. The molecule has 0 bridgehead atoms. The molecule has 6 nitrogen and oxygen atoms in total. The first-order valence-corrected chi connectivity index (χ1v) is 7.64. The number of carboxylic acid groups (broad SMARTS) is 1. The summed E-state index contributed by atoms with van der Waals surface area (Å²) < 4.78 is 0. The van der Waals surface area contributed by atoms with Crippen LogP contribution in [0.4, 0.5) is 5.69 Å². The quantitative estimate of drug-likeness (QED) is 0.248. The highest BCUT2D eigenvalue weighted by atomic mass is 16.4. The minimum absolute atomic E-state index is 0.00383. The molecular weight excluding hydrogens is 318 g/mol. The Morgan fingerprint density at radius 3 is 2.32 bits per heavy atom. The zero-order chi connectivity index (χ0) is 17.8. The Balaban J connectivity index is 1.89. The van der Waals surface area contributed by atoms with Crippen LogP contribution in [0.15, 0.2) is 71.9 Å². The van der Waals surface area contributed by atoms with Gasteiger partial charge in [-0.05, 0) is 46.7 Å². The van der Waals surface area contributed by atoms with Crippen molar-refractivity contribution in [3.8, 4) is 0 Å². The average Bonchev–Trinajstić information content (AvgIpc) is 2.65. The number of hydrogen-bond acceptors (Lipinski definition) is 4. The van der Waals surface area contributed by atoms with E-state index in [1.54, 1.807) is 30.3 Å². The van der Waals surface area contributed by atoms with Gasteiger partial charge in [0.1, 0.15) is 0 Å². The lowest BCUT2D eigenvalue weighted by Crippen LogP contribution is -2.20. The highest BCUT2D eigenvalue weighted by Crippen LogP contribution is 2.24. The van der Waals surface area contributed by atoms with Crippen LogP contribution in [-0.2, 0) is 4.79 Å². The number of fused-ring (bicyclic) bond motifs is 1. The van der Waals surface area contributed by atoms with E-state index in [2.05, 4.69) is 10.5 Å². The van der Waals surface area contributed by atoms with Crippen LogP contribution in [0.2, 0.25) is 0 Å². The van der Waals surface area contributed by atoms with Gasteiger partial charge in [-0.1, -0.05) is 41.6 Å². The van der Waals surface area contributed by atoms with E-state index in [-0.39, 0.29) is 5.84 Å². The van der Waals surface area contributed by atoms with Crippen molar-refractivity contribution in [1.82, 2.24) is 0 Å². The SMILES string of the molecule is NC(=NO)c1ccc(NC(C(=O)O)c2ccc3ccccc3c2)cc1. The van der Waals surface area contributed by atoms with Crippen LogP contribution in [0.25, 0.3) is 10.8 Å². The molecule has 0 aliphatic rings. The van der Waals surface area contributed by atoms with Gasteiger partial charge in [0.2, 0.25) is 0 Å². The zero-order valence-electron chi connectivity index (χ0n) is 13.3. The molecule has 0 amide bonds. The number of hydrogen-bond donors (Lipinski definition) is 4. The summed E-state index contributed by atoms with van der Waals surface area (Å²) in [5.74, 6) is -0.980. The summed E-state index contributed by atoms with van der Waals surface area (Å²) in [4.78, 5) is 11.7. The van der Waals surface area contributed by atoms with Crippen molar-refractivity contribution in [1.29, 1.82) is 0 Å². The summed E-state index contributed by atoms with van der Waals surface area (Å²) in [5, 5.41) is 26.3. The topological polar surface area (TPSA) is 108 Å². The molecule has 1 atom stereocenters. The minimum Gasteiger partial charge on any atom is -0.479 e. The van der Waals surface area contributed by atoms with E-state index in [1.807, 2.05) is 36.4 Å². The smallest absolute Gasteiger partial charge is 0.330 e. The van der Waals surface area contributed by atoms with E-state index < -0.39 is 12.0 Å². The lowest BCUT2D eigenvalue weighted by molar-refractivity contribution is -0.138. The molecule has 1 unspecified atom stereocenters. The van der Waals surface area contributed by atoms with E-state index in [9.17, 15) is 9.90 Å². The second-order valence-corrected chi connectivity index (χ2v) is 5.58. The van der Waals surface area contributed by atoms with Crippen molar-refractivity contribution in [2.75, 3.05) is 5.32 Å². The molecule has 5 N–H and O–H groups in total. The number of nitrogens with zero attached hydrogens (tertiary/aromatic N) is 1. The number of benzene rings is 3. The molecule has 6 heteroatoms. The molecule has 3 aromatic rings. The zero-order valence-corrected chi connectivity index (χ0v) is 13.3. The standard InChI is InChI=1S/C19H17N3O3/c20-18(22-25)13-7-9-16(10-8-13)21-17(19(23)24)15-6-5-12-3-1-2-4-14(12)11-15/h1-11,17,21,25H,(H2,20,22)(H,23,24). The Bertz CT molecular complexity index is 936. The number of rotatable bonds is 5. The first-order chi connectivity index (χ1) is 12.1. The van der Waals surface area contributed by atoms with Gasteiger partial charge in [0.05, 0.1) is 0 Å². The molecule has 3 aromatic carbocycles. The lowest BCUT2D eigenvalue weighted by atomic mass is 10.0. The van der Waals surface area contributed by atoms with Crippen LogP contribution in [0, 0.1) is 0 Å². The molecule has 0 saturated heterocycles. The molecule has 3 rings (SSSR count). The van der Waals surface area contributed by atoms with Gasteiger partial charge in [0.25, 0.3) is 0 Å². The number of oxime groups is 1. The molecule has 0 radical (unpaired) electrons. The predicted octanol–water partition coefficient (Wildman–Crippen LogP) is 3.17. The normalized spacial score (nSPS) is 12.7. The number of amidine groups is 1. The Hall–Kier alpha value is -3.54. The predicted molar refractivity (Wildman–Crippen MR) is 96.9 cm³/mol. The maximum Gasteiger partial charge on any atom is 0.330 e. The second-order valence-electron chi connectivity index (χ2n) is 5.58. The number of carbonyl (C=O) groups is 1. The van der Waals surface area contributed by atoms with E-state index >= 15 is 0 Å². The van der Waals surface area contributed by atoms with Gasteiger partial charge in [-0.2, -0.15) is 0 Å². The summed E-state index contributed by atoms with van der Waals surface area (Å²) >= 11 is 0. The third kappa shape index (κ3) is 3.53. The van der Waals surface area contributed by atoms with Gasteiger partial charge < -0.3 is 21.4 Å². The monoisotopic (exact) mass is 335 g/mol. The van der Waals surface area contributed by atoms with Crippen LogP contribution in [0.1, 0.15) is 17.2 Å². The Labute approximate surface area is 144 Å². The van der Waals surface area contributed by atoms with Gasteiger partial charge >= 0.3 is 5.97 Å². The Morgan fingerprint density at radius 1 is 1.00 bits per heavy atom. The van der Waals surface area contributed by atoms with Crippen molar-refractivity contribution in [2.45, 2.75) is 6.04 Å². The number of carboxylic acids is 1. The van der Waals surface area contributed by atoms with Crippen LogP contribution in [-0.4, -0.2) is 22.1 Å². The highest BCUT2D eigenvalue weighted by molar-refractivity contribution is 5.97. The summed E-state index contributed by atoms with van der Waals surface area (Å²) in [6.45, 7) is 0. The third-order valence-electron chi connectivity index (χ3n) is 3.95. The van der Waals surface area contributed by atoms with Crippen LogP contribution in [0.3, 0.4) is 0 Å². The summed E-state index contributed by atoms with van der Waals surface area (Å²) in [5.41, 5.74) is 7.35. The second kappa shape index (κ2) is 6.92. The van der Waals surface area contributed by atoms with Gasteiger partial charge in [0.15, 0.2) is 11.9 Å². The van der Waals surface area contributed by atoms with Crippen molar-refractivity contribution >= 4 is 28.3 Å². The third-order valence-corrected chi connectivity index (χ3v) is 3.95. The van der Waals surface area contributed by atoms with Gasteiger partial charge in [-0.3, -0.25) is 0 Å². The number of anilines is 1. The molecule has 0 spiro atoms. The molecule has 0 aliphatic carbocycles. The van der Waals surface area contributed by atoms with Crippen LogP contribution >= 0.6 is 0 Å². The summed E-state index contributed by atoms with van der Waals surface area (Å²) in [6.07, 6.45) is 0. The van der Waals surface area contributed by atoms with Gasteiger partial charge in [-0.25, -0.2) is 4.79 Å². The fourth-order valence-corrected chi connectivity index (χ4v) is 2.64. The van der Waals surface area contributed by atoms with Gasteiger partial charge in [0, 0.05) is 11.3 Å². The molecule has 0 fully saturated rings. The van der Waals surface area contributed by atoms with Crippen LogP contribution in [0.5, 0.6) is 0 Å². The number of nitrogens with two attached hydrogens (primary N) is 1. The lowest BCUT2D eigenvalue weighted by Gasteiger charge is -2.17. The fourth-order valence-electron chi connectivity index (χ4n) is 2.64. The minimum atomic E-state index is -0.976. The fraction of sp³-hybridized carbons (Fsp3) is 0.0526. The van der Waals surface area contributed by atoms with Crippen molar-refractivity contribution < 1.29 is 15.1 Å². The van der Waals surface area contributed by atoms with Crippen molar-refractivity contribution in [2.24, 2.45) is 10.9 Å². The Morgan fingerprint density at radius 2 is 1.68 bits per heavy atom. The number of aliphatic carboxylic acids is 1. The first kappa shape index (κ1) is 16.3. The number of nitrogens with one attached hydrogen (secondary N) is 1. The maximum absolute atomic E-state index is 11.7. The van der Waals surface area contributed by atoms with E-state index in [4.69, 9.17) is 10.9 Å². The first-order valence-electron chi connectivity index (χ1n) is 7.64. The largest absolute Gasteiger partial charge is 0.479 e. The molecule has 126 valence electrons.